The Bertz CT molecular complexity index is 524. The first kappa shape index (κ1) is 14.3. The summed E-state index contributed by atoms with van der Waals surface area (Å²) in [7, 11) is 1.29. The summed E-state index contributed by atoms with van der Waals surface area (Å²) >= 11 is 0. The van der Waals surface area contributed by atoms with Crippen molar-refractivity contribution in [1.82, 2.24) is 0 Å². The highest BCUT2D eigenvalue weighted by atomic mass is 16.6. The van der Waals surface area contributed by atoms with Gasteiger partial charge < -0.3 is 19.7 Å². The average Bonchev–Trinajstić information content (AvgIpc) is 2.86. The molecule has 0 bridgehead atoms. The molecule has 1 fully saturated rings. The number of carbonyl (C=O) groups excluding carboxylic acids is 2. The number of ketones is 1. The Balaban J connectivity index is 1.97. The van der Waals surface area contributed by atoms with Crippen LogP contribution in [0.1, 0.15) is 29.6 Å². The number of ether oxygens (including phenoxy) is 2. The van der Waals surface area contributed by atoms with Crippen molar-refractivity contribution in [2.75, 3.05) is 7.11 Å². The van der Waals surface area contributed by atoms with E-state index in [-0.39, 0.29) is 35.4 Å². The van der Waals surface area contributed by atoms with E-state index in [4.69, 9.17) is 4.74 Å². The molecule has 0 saturated carbocycles. The predicted octanol–water partition coefficient (Wildman–Crippen LogP) is 1.39. The lowest BCUT2D eigenvalue weighted by atomic mass is 10.0. The minimum atomic E-state index is -0.619. The maximum Gasteiger partial charge on any atom is 0.334 e. The summed E-state index contributed by atoms with van der Waals surface area (Å²) in [5.74, 6) is -1.11. The Labute approximate surface area is 115 Å². The van der Waals surface area contributed by atoms with Crippen molar-refractivity contribution in [3.63, 3.8) is 0 Å². The van der Waals surface area contributed by atoms with E-state index in [2.05, 4.69) is 4.74 Å². The molecule has 2 N–H and O–H groups in total. The maximum absolute atomic E-state index is 12.0. The zero-order valence-electron chi connectivity index (χ0n) is 11.0. The molecule has 1 aliphatic rings. The van der Waals surface area contributed by atoms with E-state index in [1.54, 1.807) is 0 Å². The molecule has 1 aliphatic heterocycles. The maximum atomic E-state index is 12.0. The molecule has 0 spiro atoms. The smallest absolute Gasteiger partial charge is 0.334 e. The molecular weight excluding hydrogens is 264 g/mol. The molecule has 1 heterocycles. The minimum Gasteiger partial charge on any atom is -0.508 e. The molecule has 0 aromatic heterocycles. The quantitative estimate of drug-likeness (QED) is 0.639. The van der Waals surface area contributed by atoms with Crippen molar-refractivity contribution in [2.45, 2.75) is 31.5 Å². The fraction of sp³-hybridized carbons (Fsp3) is 0.429. The molecule has 1 aromatic rings. The summed E-state index contributed by atoms with van der Waals surface area (Å²) in [5, 5.41) is 18.8. The second kappa shape index (κ2) is 5.92. The molecule has 0 amide bonds. The first-order valence-electron chi connectivity index (χ1n) is 6.29. The number of hydrogen-bond donors (Lipinski definition) is 2. The summed E-state index contributed by atoms with van der Waals surface area (Å²) in [6, 6.07) is 3.81. The van der Waals surface area contributed by atoms with Gasteiger partial charge in [-0.2, -0.15) is 0 Å². The highest BCUT2D eigenvalue weighted by molar-refractivity contribution is 5.99. The van der Waals surface area contributed by atoms with Gasteiger partial charge in [-0.3, -0.25) is 4.79 Å². The zero-order chi connectivity index (χ0) is 14.7. The van der Waals surface area contributed by atoms with Crippen LogP contribution in [0.4, 0.5) is 0 Å². The van der Waals surface area contributed by atoms with E-state index in [1.807, 2.05) is 0 Å². The van der Waals surface area contributed by atoms with Crippen molar-refractivity contribution < 1.29 is 29.3 Å². The number of benzene rings is 1. The Morgan fingerprint density at radius 3 is 2.75 bits per heavy atom. The third kappa shape index (κ3) is 3.08. The van der Waals surface area contributed by atoms with E-state index in [1.165, 1.54) is 19.2 Å². The molecule has 1 saturated heterocycles. The number of aromatic hydroxyl groups is 2. The third-order valence-corrected chi connectivity index (χ3v) is 3.27. The fourth-order valence-electron chi connectivity index (χ4n) is 2.23. The summed E-state index contributed by atoms with van der Waals surface area (Å²) < 4.78 is 10.0. The predicted molar refractivity (Wildman–Crippen MR) is 68.6 cm³/mol. The second-order valence-corrected chi connectivity index (χ2v) is 4.68. The van der Waals surface area contributed by atoms with Gasteiger partial charge in [0.25, 0.3) is 0 Å². The summed E-state index contributed by atoms with van der Waals surface area (Å²) in [6.45, 7) is 0. The van der Waals surface area contributed by atoms with E-state index in [9.17, 15) is 19.8 Å². The number of phenols is 2. The number of esters is 1. The van der Waals surface area contributed by atoms with Gasteiger partial charge in [-0.05, 0) is 25.0 Å². The van der Waals surface area contributed by atoms with Gasteiger partial charge in [0, 0.05) is 12.5 Å². The van der Waals surface area contributed by atoms with Gasteiger partial charge in [0.05, 0.1) is 18.8 Å². The van der Waals surface area contributed by atoms with Gasteiger partial charge in [-0.25, -0.2) is 4.79 Å². The van der Waals surface area contributed by atoms with Crippen molar-refractivity contribution in [2.24, 2.45) is 0 Å². The standard InChI is InChI=1S/C14H16O6/c1-19-14(18)13-5-3-9(20-13)7-12(17)10-4-2-8(15)6-11(10)16/h2,4,6,9,13,15-16H,3,5,7H2,1H3. The fourth-order valence-corrected chi connectivity index (χ4v) is 2.23. The van der Waals surface area contributed by atoms with Crippen LogP contribution in [0.15, 0.2) is 18.2 Å². The van der Waals surface area contributed by atoms with Crippen LogP contribution in [0.3, 0.4) is 0 Å². The average molecular weight is 280 g/mol. The lowest BCUT2D eigenvalue weighted by Gasteiger charge is -2.12. The van der Waals surface area contributed by atoms with Crippen molar-refractivity contribution >= 4 is 11.8 Å². The Morgan fingerprint density at radius 2 is 2.10 bits per heavy atom. The largest absolute Gasteiger partial charge is 0.508 e. The molecular formula is C14H16O6. The number of phenolic OH excluding ortho intramolecular Hbond substituents is 2. The number of Topliss-reactive ketones (excluding diaryl/α,β-unsaturated/α-hetero) is 1. The molecule has 20 heavy (non-hydrogen) atoms. The molecule has 2 unspecified atom stereocenters. The molecule has 1 aromatic carbocycles. The lowest BCUT2D eigenvalue weighted by molar-refractivity contribution is -0.153. The van der Waals surface area contributed by atoms with Gasteiger partial charge in [0.2, 0.25) is 0 Å². The van der Waals surface area contributed by atoms with Crippen LogP contribution in [-0.2, 0) is 14.3 Å². The molecule has 0 aliphatic carbocycles. The van der Waals surface area contributed by atoms with Gasteiger partial charge in [-0.15, -0.1) is 0 Å². The highest BCUT2D eigenvalue weighted by Gasteiger charge is 2.32. The van der Waals surface area contributed by atoms with Crippen LogP contribution in [-0.4, -0.2) is 41.3 Å². The number of hydrogen-bond acceptors (Lipinski definition) is 6. The van der Waals surface area contributed by atoms with E-state index >= 15 is 0 Å². The highest BCUT2D eigenvalue weighted by Crippen LogP contribution is 2.28. The molecule has 2 rings (SSSR count). The summed E-state index contributed by atoms with van der Waals surface area (Å²) in [5.41, 5.74) is 0.132. The molecule has 0 radical (unpaired) electrons. The number of rotatable bonds is 4. The SMILES string of the molecule is COC(=O)C1CCC(CC(=O)c2ccc(O)cc2O)O1. The topological polar surface area (TPSA) is 93.1 Å². The van der Waals surface area contributed by atoms with Crippen LogP contribution in [0.5, 0.6) is 11.5 Å². The Morgan fingerprint density at radius 1 is 1.35 bits per heavy atom. The molecule has 2 atom stereocenters. The Hall–Kier alpha value is -2.08. The zero-order valence-corrected chi connectivity index (χ0v) is 11.0. The van der Waals surface area contributed by atoms with Crippen molar-refractivity contribution in [3.8, 4) is 11.5 Å². The van der Waals surface area contributed by atoms with Gasteiger partial charge in [0.15, 0.2) is 11.9 Å². The molecule has 6 nitrogen and oxygen atoms in total. The summed E-state index contributed by atoms with van der Waals surface area (Å²) in [4.78, 5) is 23.3. The first-order chi connectivity index (χ1) is 9.51. The number of methoxy groups -OCH3 is 1. The van der Waals surface area contributed by atoms with Crippen LogP contribution in [0.25, 0.3) is 0 Å². The number of carbonyl (C=O) groups is 2. The van der Waals surface area contributed by atoms with Crippen LogP contribution in [0.2, 0.25) is 0 Å². The van der Waals surface area contributed by atoms with E-state index < -0.39 is 12.1 Å². The van der Waals surface area contributed by atoms with Gasteiger partial charge in [0.1, 0.15) is 11.5 Å². The van der Waals surface area contributed by atoms with E-state index in [0.29, 0.717) is 12.8 Å². The van der Waals surface area contributed by atoms with Crippen LogP contribution < -0.4 is 0 Å². The van der Waals surface area contributed by atoms with Gasteiger partial charge >= 0.3 is 5.97 Å². The Kier molecular flexibility index (Phi) is 4.24. The lowest BCUT2D eigenvalue weighted by Crippen LogP contribution is -2.23. The molecule has 108 valence electrons. The van der Waals surface area contributed by atoms with Gasteiger partial charge in [-0.1, -0.05) is 0 Å². The third-order valence-electron chi connectivity index (χ3n) is 3.27. The van der Waals surface area contributed by atoms with Crippen LogP contribution in [0, 0.1) is 0 Å². The molecule has 6 heteroatoms. The van der Waals surface area contributed by atoms with Crippen LogP contribution >= 0.6 is 0 Å². The monoisotopic (exact) mass is 280 g/mol. The summed E-state index contributed by atoms with van der Waals surface area (Å²) in [6.07, 6.45) is 0.202. The normalized spacial score (nSPS) is 21.6. The van der Waals surface area contributed by atoms with Crippen molar-refractivity contribution in [3.05, 3.63) is 23.8 Å². The first-order valence-corrected chi connectivity index (χ1v) is 6.29. The van der Waals surface area contributed by atoms with Crippen molar-refractivity contribution in [1.29, 1.82) is 0 Å². The second-order valence-electron chi connectivity index (χ2n) is 4.68. The minimum absolute atomic E-state index is 0.0752. The van der Waals surface area contributed by atoms with E-state index in [0.717, 1.165) is 6.07 Å².